The van der Waals surface area contributed by atoms with Crippen molar-refractivity contribution in [1.29, 1.82) is 0 Å². The summed E-state index contributed by atoms with van der Waals surface area (Å²) >= 11 is 0. The number of ketones is 1. The van der Waals surface area contributed by atoms with Crippen molar-refractivity contribution in [3.8, 4) is 28.3 Å². The number of fused-ring (bicyclic) bond motifs is 1. The molecule has 1 N–H and O–H groups in total. The van der Waals surface area contributed by atoms with Crippen LogP contribution >= 0.6 is 0 Å². The summed E-state index contributed by atoms with van der Waals surface area (Å²) in [7, 11) is -0.925. The number of benzene rings is 4. The monoisotopic (exact) mass is 691 g/mol. The minimum absolute atomic E-state index is 0.0909. The maximum absolute atomic E-state index is 13.8. The molecular formula is C39H34FN3O6S. The quantitative estimate of drug-likeness (QED) is 0.132. The fourth-order valence-electron chi connectivity index (χ4n) is 5.60. The van der Waals surface area contributed by atoms with Gasteiger partial charge in [-0.25, -0.2) is 17.8 Å². The van der Waals surface area contributed by atoms with E-state index in [1.807, 2.05) is 60.7 Å². The van der Waals surface area contributed by atoms with Gasteiger partial charge in [-0.3, -0.25) is 13.9 Å². The molecule has 0 radical (unpaired) electrons. The van der Waals surface area contributed by atoms with Gasteiger partial charge in [0.25, 0.3) is 5.91 Å². The van der Waals surface area contributed by atoms with E-state index in [9.17, 15) is 22.4 Å². The van der Waals surface area contributed by atoms with Crippen molar-refractivity contribution in [3.63, 3.8) is 0 Å². The molecule has 0 bridgehead atoms. The van der Waals surface area contributed by atoms with Crippen LogP contribution in [0.5, 0.6) is 5.75 Å². The summed E-state index contributed by atoms with van der Waals surface area (Å²) in [4.78, 5) is 32.0. The molecule has 0 saturated carbocycles. The lowest BCUT2D eigenvalue weighted by atomic mass is 10.00. The second kappa shape index (κ2) is 14.4. The van der Waals surface area contributed by atoms with E-state index >= 15 is 0 Å². The van der Waals surface area contributed by atoms with E-state index in [0.717, 1.165) is 21.7 Å². The predicted molar refractivity (Wildman–Crippen MR) is 191 cm³/mol. The third-order valence-corrected chi connectivity index (χ3v) is 9.51. The number of Topliss-reactive ketones (excluding diaryl/α,β-unsaturated/α-hetero) is 1. The first-order valence-corrected chi connectivity index (χ1v) is 17.7. The predicted octanol–water partition coefficient (Wildman–Crippen LogP) is 7.45. The molecule has 11 heteroatoms. The highest BCUT2D eigenvalue weighted by atomic mass is 32.2. The number of nitrogens with one attached hydrogen (secondary N) is 1. The van der Waals surface area contributed by atoms with Gasteiger partial charge < -0.3 is 14.5 Å². The molecular weight excluding hydrogens is 658 g/mol. The van der Waals surface area contributed by atoms with Crippen molar-refractivity contribution in [2.24, 2.45) is 0 Å². The Morgan fingerprint density at radius 2 is 1.56 bits per heavy atom. The first kappa shape index (κ1) is 34.1. The van der Waals surface area contributed by atoms with Crippen molar-refractivity contribution >= 4 is 38.4 Å². The molecule has 0 atom stereocenters. The summed E-state index contributed by atoms with van der Waals surface area (Å²) in [6.45, 7) is 0.200. The molecule has 254 valence electrons. The second-order valence-electron chi connectivity index (χ2n) is 11.7. The van der Waals surface area contributed by atoms with Crippen LogP contribution in [0.15, 0.2) is 114 Å². The zero-order valence-corrected chi connectivity index (χ0v) is 28.5. The number of sulfonamides is 1. The van der Waals surface area contributed by atoms with Crippen LogP contribution in [0.3, 0.4) is 0 Å². The van der Waals surface area contributed by atoms with E-state index in [1.165, 1.54) is 44.4 Å². The normalized spacial score (nSPS) is 11.4. The molecule has 50 heavy (non-hydrogen) atoms. The first-order valence-electron chi connectivity index (χ1n) is 15.8. The van der Waals surface area contributed by atoms with Crippen LogP contribution in [-0.4, -0.2) is 45.4 Å². The Hall–Kier alpha value is -5.81. The van der Waals surface area contributed by atoms with E-state index < -0.39 is 21.7 Å². The number of aryl methyl sites for hydroxylation is 1. The Bertz CT molecular complexity index is 2290. The van der Waals surface area contributed by atoms with Crippen LogP contribution < -0.4 is 14.4 Å². The fourth-order valence-corrected chi connectivity index (χ4v) is 6.11. The van der Waals surface area contributed by atoms with Gasteiger partial charge in [0.1, 0.15) is 35.2 Å². The molecule has 0 saturated heterocycles. The third kappa shape index (κ3) is 7.28. The summed E-state index contributed by atoms with van der Waals surface area (Å²) in [6, 6.07) is 31.1. The number of hydrogen-bond acceptors (Lipinski definition) is 7. The van der Waals surface area contributed by atoms with E-state index in [0.29, 0.717) is 22.9 Å². The Balaban J connectivity index is 1.52. The number of amides is 1. The molecule has 0 aliphatic heterocycles. The number of rotatable bonds is 12. The van der Waals surface area contributed by atoms with Gasteiger partial charge in [0.15, 0.2) is 5.78 Å². The van der Waals surface area contributed by atoms with Crippen LogP contribution in [0.1, 0.15) is 38.4 Å². The Morgan fingerprint density at radius 3 is 2.20 bits per heavy atom. The molecule has 0 unspecified atom stereocenters. The topological polar surface area (TPSA) is 119 Å². The summed E-state index contributed by atoms with van der Waals surface area (Å²) < 4.78 is 53.0. The lowest BCUT2D eigenvalue weighted by molar-refractivity contribution is 0.0959. The number of pyridine rings is 1. The lowest BCUT2D eigenvalue weighted by Gasteiger charge is -2.21. The number of halogens is 1. The molecule has 6 aromatic rings. The molecule has 0 aliphatic carbocycles. The zero-order chi connectivity index (χ0) is 35.4. The van der Waals surface area contributed by atoms with Crippen LogP contribution in [0.25, 0.3) is 33.6 Å². The van der Waals surface area contributed by atoms with Crippen LogP contribution in [0.4, 0.5) is 10.1 Å². The summed E-state index contributed by atoms with van der Waals surface area (Å²) in [5.41, 5.74) is 3.64. The van der Waals surface area contributed by atoms with Crippen LogP contribution in [-0.2, 0) is 23.1 Å². The number of carbonyl (C=O) groups excluding carboxylic acids is 2. The lowest BCUT2D eigenvalue weighted by Crippen LogP contribution is -2.25. The Kier molecular flexibility index (Phi) is 9.78. The Labute approximate surface area is 289 Å². The van der Waals surface area contributed by atoms with E-state index in [4.69, 9.17) is 14.1 Å². The SMILES string of the molecule is CNC(=O)c1c(-c2ccc(F)cc2)oc2cc(N(C)S(C)(=O)=O)c(-c3ccc(OCc4ccccc4)c(C(=O)CCc4ccccc4)n3)cc12. The average molecular weight is 692 g/mol. The van der Waals surface area contributed by atoms with Crippen molar-refractivity contribution in [2.75, 3.05) is 24.7 Å². The van der Waals surface area contributed by atoms with E-state index in [1.54, 1.807) is 18.2 Å². The van der Waals surface area contributed by atoms with Crippen molar-refractivity contribution < 1.29 is 31.6 Å². The molecule has 6 rings (SSSR count). The van der Waals surface area contributed by atoms with Gasteiger partial charge >= 0.3 is 0 Å². The molecule has 0 aliphatic rings. The summed E-state index contributed by atoms with van der Waals surface area (Å²) in [6.07, 6.45) is 1.70. The van der Waals surface area contributed by atoms with Gasteiger partial charge in [0.2, 0.25) is 10.0 Å². The van der Waals surface area contributed by atoms with Gasteiger partial charge in [-0.2, -0.15) is 0 Å². The van der Waals surface area contributed by atoms with Gasteiger partial charge in [0, 0.05) is 43.1 Å². The van der Waals surface area contributed by atoms with Crippen LogP contribution in [0.2, 0.25) is 0 Å². The highest BCUT2D eigenvalue weighted by Crippen LogP contribution is 2.41. The number of hydrogen-bond donors (Lipinski definition) is 1. The largest absolute Gasteiger partial charge is 0.487 e. The standard InChI is InChI=1S/C39H34FN3O6S/c1-41-39(45)36-30-22-29(32(43(2)50(3,46)47)23-35(30)49-38(36)27-15-17-28(40)18-16-27)31-19-21-34(48-24-26-12-8-5-9-13-26)37(42-31)33(44)20-14-25-10-6-4-7-11-25/h4-13,15-19,21-23H,14,20,24H2,1-3H3,(H,41,45). The molecule has 0 fully saturated rings. The van der Waals surface area contributed by atoms with Gasteiger partial charge in [-0.05, 0) is 60.0 Å². The average Bonchev–Trinajstić information content (AvgIpc) is 3.51. The van der Waals surface area contributed by atoms with Gasteiger partial charge in [0.05, 0.1) is 23.2 Å². The molecule has 4 aromatic carbocycles. The number of nitrogens with zero attached hydrogens (tertiary/aromatic N) is 2. The van der Waals surface area contributed by atoms with Gasteiger partial charge in [-0.15, -0.1) is 0 Å². The summed E-state index contributed by atoms with van der Waals surface area (Å²) in [5.74, 6) is -0.720. The minimum atomic E-state index is -3.80. The van der Waals surface area contributed by atoms with E-state index in [2.05, 4.69) is 5.32 Å². The number of furan rings is 1. The maximum Gasteiger partial charge on any atom is 0.255 e. The minimum Gasteiger partial charge on any atom is -0.487 e. The molecule has 9 nitrogen and oxygen atoms in total. The molecule has 2 heterocycles. The third-order valence-electron chi connectivity index (χ3n) is 8.32. The van der Waals surface area contributed by atoms with Crippen molar-refractivity contribution in [2.45, 2.75) is 19.4 Å². The number of anilines is 1. The highest BCUT2D eigenvalue weighted by molar-refractivity contribution is 7.92. The Morgan fingerprint density at radius 1 is 0.900 bits per heavy atom. The first-order chi connectivity index (χ1) is 24.0. The highest BCUT2D eigenvalue weighted by Gasteiger charge is 2.27. The van der Waals surface area contributed by atoms with Crippen molar-refractivity contribution in [1.82, 2.24) is 10.3 Å². The smallest absolute Gasteiger partial charge is 0.255 e. The van der Waals surface area contributed by atoms with Crippen LogP contribution in [0, 0.1) is 5.82 Å². The maximum atomic E-state index is 13.8. The second-order valence-corrected chi connectivity index (χ2v) is 13.7. The number of ether oxygens (including phenoxy) is 1. The number of aromatic nitrogens is 1. The zero-order valence-electron chi connectivity index (χ0n) is 27.6. The summed E-state index contributed by atoms with van der Waals surface area (Å²) in [5, 5.41) is 3.00. The fraction of sp³-hybridized carbons (Fsp3) is 0.154. The van der Waals surface area contributed by atoms with Gasteiger partial charge in [-0.1, -0.05) is 60.7 Å². The molecule has 2 aromatic heterocycles. The van der Waals surface area contributed by atoms with E-state index in [-0.39, 0.29) is 58.5 Å². The van der Waals surface area contributed by atoms with Crippen molar-refractivity contribution in [3.05, 3.63) is 137 Å². The number of carbonyl (C=O) groups is 2. The molecule has 0 spiro atoms. The molecule has 1 amide bonds.